The second-order valence-electron chi connectivity index (χ2n) is 8.98. The zero-order chi connectivity index (χ0) is 22.8. The Kier molecular flexibility index (Phi) is 6.47. The van der Waals surface area contributed by atoms with Crippen LogP contribution in [0.3, 0.4) is 0 Å². The molecule has 4 N–H and O–H groups in total. The Hall–Kier alpha value is -2.78. The number of aromatic nitrogens is 2. The van der Waals surface area contributed by atoms with Crippen molar-refractivity contribution >= 4 is 44.7 Å². The smallest absolute Gasteiger partial charge is 0.255 e. The van der Waals surface area contributed by atoms with Crippen molar-refractivity contribution < 1.29 is 14.3 Å². The number of halogens is 1. The lowest BCUT2D eigenvalue weighted by Gasteiger charge is -2.25. The number of carbonyl (C=O) groups excluding carboxylic acids is 1. The third kappa shape index (κ3) is 6.11. The number of alkyl halides is 1. The fourth-order valence-corrected chi connectivity index (χ4v) is 3.54. The van der Waals surface area contributed by atoms with Crippen molar-refractivity contribution in [2.45, 2.75) is 51.9 Å². The molecule has 1 aromatic carbocycles. The van der Waals surface area contributed by atoms with Crippen LogP contribution in [0.2, 0.25) is 0 Å². The third-order valence-corrected chi connectivity index (χ3v) is 5.26. The molecule has 2 heterocycles. The molecule has 0 saturated carbocycles. The summed E-state index contributed by atoms with van der Waals surface area (Å²) in [4.78, 5) is 21.3. The van der Waals surface area contributed by atoms with E-state index in [1.54, 1.807) is 22.9 Å². The first-order valence-corrected chi connectivity index (χ1v) is 10.8. The summed E-state index contributed by atoms with van der Waals surface area (Å²) >= 11 is 1.55. The molecule has 0 fully saturated rings. The number of fused-ring (bicyclic) bond motifs is 1. The van der Waals surface area contributed by atoms with Gasteiger partial charge in [0.25, 0.3) is 5.91 Å². The number of carbonyl (C=O) groups is 1. The number of amides is 1. The topological polar surface area (TPSA) is 99.2 Å². The van der Waals surface area contributed by atoms with Crippen molar-refractivity contribution in [1.29, 1.82) is 0 Å². The van der Waals surface area contributed by atoms with Crippen LogP contribution in [-0.2, 0) is 0 Å². The molecule has 9 heteroatoms. The summed E-state index contributed by atoms with van der Waals surface area (Å²) in [5.74, 6) is 0.0933. The number of nitrogens with one attached hydrogen (secondary N) is 3. The molecular formula is C22H28FN5O2S. The third-order valence-electron chi connectivity index (χ3n) is 4.47. The van der Waals surface area contributed by atoms with Crippen molar-refractivity contribution in [1.82, 2.24) is 15.3 Å². The van der Waals surface area contributed by atoms with E-state index in [0.717, 1.165) is 15.9 Å². The molecule has 3 aromatic rings. The van der Waals surface area contributed by atoms with E-state index in [0.29, 0.717) is 17.1 Å². The Labute approximate surface area is 185 Å². The molecule has 0 unspecified atom stereocenters. The molecule has 0 saturated heterocycles. The maximum Gasteiger partial charge on any atom is 0.255 e. The molecule has 7 nitrogen and oxygen atoms in total. The normalized spacial score (nSPS) is 13.1. The summed E-state index contributed by atoms with van der Waals surface area (Å²) in [6.45, 7) is 8.36. The van der Waals surface area contributed by atoms with Crippen LogP contribution < -0.4 is 16.0 Å². The van der Waals surface area contributed by atoms with Gasteiger partial charge in [-0.25, -0.2) is 14.4 Å². The minimum atomic E-state index is -1.59. The van der Waals surface area contributed by atoms with Gasteiger partial charge in [0, 0.05) is 23.5 Å². The lowest BCUT2D eigenvalue weighted by Crippen LogP contribution is -2.42. The molecule has 31 heavy (non-hydrogen) atoms. The van der Waals surface area contributed by atoms with Crippen molar-refractivity contribution in [2.75, 3.05) is 17.2 Å². The number of pyridine rings is 1. The van der Waals surface area contributed by atoms with E-state index in [9.17, 15) is 14.3 Å². The van der Waals surface area contributed by atoms with Gasteiger partial charge in [0.05, 0.1) is 39.1 Å². The highest BCUT2D eigenvalue weighted by atomic mass is 32.1. The van der Waals surface area contributed by atoms with Crippen molar-refractivity contribution in [3.05, 3.63) is 41.5 Å². The number of aliphatic hydroxyl groups is 1. The summed E-state index contributed by atoms with van der Waals surface area (Å²) in [6.07, 6.45) is -0.139. The number of nitrogens with zero attached hydrogens (tertiary/aromatic N) is 2. The average molecular weight is 446 g/mol. The zero-order valence-corrected chi connectivity index (χ0v) is 19.1. The average Bonchev–Trinajstić information content (AvgIpc) is 3.11. The van der Waals surface area contributed by atoms with Gasteiger partial charge in [-0.3, -0.25) is 4.79 Å². The van der Waals surface area contributed by atoms with E-state index >= 15 is 0 Å². The lowest BCUT2D eigenvalue weighted by molar-refractivity contribution is -0.00177. The van der Waals surface area contributed by atoms with Crippen molar-refractivity contribution in [3.8, 4) is 0 Å². The molecule has 0 spiro atoms. The van der Waals surface area contributed by atoms with Crippen LogP contribution in [0.25, 0.3) is 10.2 Å². The van der Waals surface area contributed by atoms with Crippen LogP contribution in [0.4, 0.5) is 21.6 Å². The van der Waals surface area contributed by atoms with Crippen LogP contribution in [0.15, 0.2) is 36.0 Å². The molecule has 1 amide bonds. The predicted octanol–water partition coefficient (Wildman–Crippen LogP) is 4.48. The minimum Gasteiger partial charge on any atom is -0.387 e. The first-order valence-electron chi connectivity index (χ1n) is 9.95. The Morgan fingerprint density at radius 2 is 1.94 bits per heavy atom. The maximum absolute atomic E-state index is 14.0. The molecule has 0 radical (unpaired) electrons. The largest absolute Gasteiger partial charge is 0.387 e. The Morgan fingerprint density at radius 1 is 1.19 bits per heavy atom. The van der Waals surface area contributed by atoms with Gasteiger partial charge in [-0.2, -0.15) is 0 Å². The summed E-state index contributed by atoms with van der Waals surface area (Å²) < 4.78 is 15.1. The van der Waals surface area contributed by atoms with E-state index in [1.165, 1.54) is 20.0 Å². The van der Waals surface area contributed by atoms with Crippen LogP contribution in [0, 0.1) is 0 Å². The monoisotopic (exact) mass is 445 g/mol. The second kappa shape index (κ2) is 8.76. The predicted molar refractivity (Wildman–Crippen MR) is 124 cm³/mol. The first-order chi connectivity index (χ1) is 14.4. The number of hydrogen-bond donors (Lipinski definition) is 4. The highest BCUT2D eigenvalue weighted by molar-refractivity contribution is 7.16. The van der Waals surface area contributed by atoms with Gasteiger partial charge in [-0.15, -0.1) is 11.3 Å². The van der Waals surface area contributed by atoms with Gasteiger partial charge in [-0.1, -0.05) is 0 Å². The van der Waals surface area contributed by atoms with Crippen LogP contribution >= 0.6 is 11.3 Å². The molecular weight excluding hydrogens is 417 g/mol. The highest BCUT2D eigenvalue weighted by Gasteiger charge is 2.27. The number of benzene rings is 1. The maximum atomic E-state index is 14.0. The number of anilines is 3. The highest BCUT2D eigenvalue weighted by Crippen LogP contribution is 2.27. The van der Waals surface area contributed by atoms with Crippen LogP contribution in [0.1, 0.15) is 45.0 Å². The molecule has 3 rings (SSSR count). The molecule has 1 atom stereocenters. The Balaban J connectivity index is 1.83. The zero-order valence-electron chi connectivity index (χ0n) is 18.3. The summed E-state index contributed by atoms with van der Waals surface area (Å²) in [6, 6.07) is 7.59. The fraction of sp³-hybridized carbons (Fsp3) is 0.409. The number of rotatable bonds is 7. The second-order valence-corrected chi connectivity index (χ2v) is 9.87. The molecule has 0 aliphatic carbocycles. The first kappa shape index (κ1) is 22.9. The van der Waals surface area contributed by atoms with E-state index in [2.05, 4.69) is 25.9 Å². The minimum absolute atomic E-state index is 0.293. The van der Waals surface area contributed by atoms with Crippen molar-refractivity contribution in [2.24, 2.45) is 0 Å². The molecule has 2 aromatic heterocycles. The van der Waals surface area contributed by atoms with E-state index in [4.69, 9.17) is 0 Å². The van der Waals surface area contributed by atoms with Gasteiger partial charge in [0.2, 0.25) is 0 Å². The lowest BCUT2D eigenvalue weighted by atomic mass is 10.0. The number of hydrogen-bond acceptors (Lipinski definition) is 7. The fourth-order valence-electron chi connectivity index (χ4n) is 2.82. The van der Waals surface area contributed by atoms with Gasteiger partial charge in [-0.05, 0) is 52.8 Å². The van der Waals surface area contributed by atoms with E-state index in [1.807, 2.05) is 39.0 Å². The van der Waals surface area contributed by atoms with Gasteiger partial charge in [0.15, 0.2) is 0 Å². The van der Waals surface area contributed by atoms with E-state index in [-0.39, 0.29) is 12.1 Å². The van der Waals surface area contributed by atoms with Crippen LogP contribution in [-0.4, -0.2) is 44.8 Å². The quantitative estimate of drug-likeness (QED) is 0.428. The summed E-state index contributed by atoms with van der Waals surface area (Å²) in [5, 5.41) is 18.8. The molecule has 0 aliphatic heterocycles. The van der Waals surface area contributed by atoms with Crippen LogP contribution in [0.5, 0.6) is 0 Å². The Bertz CT molecular complexity index is 1070. The standard InChI is InChI=1S/C22H28FN5O2S/c1-21(2,3)28-16-9-19(27-13-6-7-15-17(8-13)31-12-26-15)24-10-14(16)20(29)25-11-18(23)22(4,5)30/h6-10,12,18,30H,11H2,1-5H3,(H,25,29)(H2,24,27,28)/t18-/m1/s1. The van der Waals surface area contributed by atoms with Crippen molar-refractivity contribution in [3.63, 3.8) is 0 Å². The van der Waals surface area contributed by atoms with Gasteiger partial charge < -0.3 is 21.1 Å². The van der Waals surface area contributed by atoms with Gasteiger partial charge in [0.1, 0.15) is 12.0 Å². The summed E-state index contributed by atoms with van der Waals surface area (Å²) in [5.41, 5.74) is 2.60. The van der Waals surface area contributed by atoms with E-state index < -0.39 is 17.7 Å². The molecule has 0 aliphatic rings. The molecule has 0 bridgehead atoms. The number of thiazole rings is 1. The Morgan fingerprint density at radius 3 is 2.61 bits per heavy atom. The SMILES string of the molecule is CC(C)(C)Nc1cc(Nc2ccc3ncsc3c2)ncc1C(=O)NC[C@@H](F)C(C)(C)O. The van der Waals surface area contributed by atoms with Gasteiger partial charge >= 0.3 is 0 Å². The molecule has 166 valence electrons. The summed E-state index contributed by atoms with van der Waals surface area (Å²) in [7, 11) is 0.